The molecule has 33 heavy (non-hydrogen) atoms. The van der Waals surface area contributed by atoms with Gasteiger partial charge in [0.2, 0.25) is 0 Å². The third kappa shape index (κ3) is 5.13. The number of ether oxygens (including phenoxy) is 2. The van der Waals surface area contributed by atoms with Crippen LogP contribution < -0.4 is 4.74 Å². The second kappa shape index (κ2) is 9.67. The number of carbonyl (C=O) groups excluding carboxylic acids is 1. The number of aromatic nitrogens is 2. The van der Waals surface area contributed by atoms with Crippen molar-refractivity contribution in [2.75, 3.05) is 26.9 Å². The third-order valence-electron chi connectivity index (χ3n) is 5.95. The summed E-state index contributed by atoms with van der Waals surface area (Å²) >= 11 is 6.04. The fourth-order valence-corrected chi connectivity index (χ4v) is 4.23. The molecule has 3 heterocycles. The molecule has 1 unspecified atom stereocenters. The maximum atomic E-state index is 13.4. The number of aliphatic hydroxyl groups excluding tert-OH is 1. The molecule has 2 atom stereocenters. The first-order valence-corrected chi connectivity index (χ1v) is 11.3. The Bertz CT molecular complexity index is 1150. The lowest BCUT2D eigenvalue weighted by molar-refractivity contribution is -0.117. The summed E-state index contributed by atoms with van der Waals surface area (Å²) in [5.74, 6) is 0.849. The largest absolute Gasteiger partial charge is 0.493 e. The minimum Gasteiger partial charge on any atom is -0.493 e. The predicted molar refractivity (Wildman–Crippen MR) is 124 cm³/mol. The number of pyridine rings is 1. The summed E-state index contributed by atoms with van der Waals surface area (Å²) < 4.78 is 17.4. The van der Waals surface area contributed by atoms with Crippen molar-refractivity contribution in [1.82, 2.24) is 14.9 Å². The maximum absolute atomic E-state index is 13.4. The highest BCUT2D eigenvalue weighted by atomic mass is 35.5. The fourth-order valence-electron chi connectivity index (χ4n) is 4.05. The van der Waals surface area contributed by atoms with Crippen molar-refractivity contribution in [2.45, 2.75) is 44.8 Å². The lowest BCUT2D eigenvalue weighted by Crippen LogP contribution is -2.56. The number of carbonyl (C=O) groups is 1. The van der Waals surface area contributed by atoms with Crippen molar-refractivity contribution in [3.63, 3.8) is 0 Å². The quantitative estimate of drug-likeness (QED) is 0.559. The van der Waals surface area contributed by atoms with E-state index in [0.29, 0.717) is 65.7 Å². The Morgan fingerprint density at radius 1 is 1.36 bits per heavy atom. The summed E-state index contributed by atoms with van der Waals surface area (Å²) in [6.45, 7) is 4.67. The van der Waals surface area contributed by atoms with Gasteiger partial charge in [0.05, 0.1) is 31.9 Å². The average Bonchev–Trinajstić information content (AvgIpc) is 3.21. The van der Waals surface area contributed by atoms with Crippen molar-refractivity contribution < 1.29 is 23.8 Å². The van der Waals surface area contributed by atoms with Gasteiger partial charge in [-0.3, -0.25) is 9.78 Å². The van der Waals surface area contributed by atoms with Crippen molar-refractivity contribution in [2.24, 2.45) is 0 Å². The van der Waals surface area contributed by atoms with E-state index in [1.54, 1.807) is 29.3 Å². The molecular formula is C24H28ClN3O5. The highest BCUT2D eigenvalue weighted by Crippen LogP contribution is 2.31. The molecule has 1 N–H and O–H groups in total. The van der Waals surface area contributed by atoms with E-state index in [0.717, 1.165) is 5.69 Å². The van der Waals surface area contributed by atoms with Crippen molar-refractivity contribution in [3.05, 3.63) is 52.6 Å². The van der Waals surface area contributed by atoms with Gasteiger partial charge in [-0.25, -0.2) is 4.98 Å². The van der Waals surface area contributed by atoms with E-state index in [1.807, 2.05) is 19.9 Å². The van der Waals surface area contributed by atoms with Crippen LogP contribution in [-0.2, 0) is 17.6 Å². The molecule has 176 valence electrons. The number of aryl methyl sites for hydroxylation is 2. The number of halogens is 1. The molecule has 0 spiro atoms. The molecule has 3 aromatic rings. The number of amides is 1. The molecule has 0 aliphatic carbocycles. The van der Waals surface area contributed by atoms with Crippen LogP contribution in [0.25, 0.3) is 11.1 Å². The van der Waals surface area contributed by atoms with Crippen LogP contribution >= 0.6 is 11.6 Å². The van der Waals surface area contributed by atoms with Gasteiger partial charge < -0.3 is 23.9 Å². The van der Waals surface area contributed by atoms with Crippen LogP contribution in [0.3, 0.4) is 0 Å². The van der Waals surface area contributed by atoms with Gasteiger partial charge >= 0.3 is 0 Å². The van der Waals surface area contributed by atoms with Gasteiger partial charge in [-0.2, -0.15) is 0 Å². The van der Waals surface area contributed by atoms with Gasteiger partial charge in [0.25, 0.3) is 5.91 Å². The highest BCUT2D eigenvalue weighted by molar-refractivity contribution is 6.30. The smallest absolute Gasteiger partial charge is 0.254 e. The number of morpholine rings is 1. The number of methoxy groups -OCH3 is 1. The number of nitrogens with zero attached hydrogens (tertiary/aromatic N) is 3. The van der Waals surface area contributed by atoms with E-state index in [4.69, 9.17) is 25.5 Å². The zero-order valence-electron chi connectivity index (χ0n) is 19.0. The first-order valence-electron chi connectivity index (χ1n) is 11.0. The molecule has 1 aliphatic rings. The Hall–Kier alpha value is -2.68. The van der Waals surface area contributed by atoms with Gasteiger partial charge in [-0.15, -0.1) is 0 Å². The monoisotopic (exact) mass is 473 g/mol. The zero-order valence-corrected chi connectivity index (χ0v) is 19.8. The summed E-state index contributed by atoms with van der Waals surface area (Å²) in [6, 6.07) is 6.87. The number of oxazole rings is 1. The van der Waals surface area contributed by atoms with Crippen molar-refractivity contribution in [1.29, 1.82) is 0 Å². The first kappa shape index (κ1) is 23.5. The molecule has 1 aliphatic heterocycles. The molecular weight excluding hydrogens is 446 g/mol. The van der Waals surface area contributed by atoms with Crippen LogP contribution in [0.15, 0.2) is 34.9 Å². The molecule has 0 radical (unpaired) electrons. The Kier molecular flexibility index (Phi) is 6.88. The van der Waals surface area contributed by atoms with Gasteiger partial charge in [-0.05, 0) is 44.5 Å². The second-order valence-corrected chi connectivity index (χ2v) is 9.05. The van der Waals surface area contributed by atoms with Gasteiger partial charge in [-0.1, -0.05) is 11.6 Å². The lowest BCUT2D eigenvalue weighted by atomic mass is 9.97. The average molecular weight is 474 g/mol. The van der Waals surface area contributed by atoms with E-state index in [-0.39, 0.29) is 18.6 Å². The van der Waals surface area contributed by atoms with Gasteiger partial charge in [0.1, 0.15) is 5.52 Å². The van der Waals surface area contributed by atoms with Crippen molar-refractivity contribution in [3.8, 4) is 5.75 Å². The third-order valence-corrected chi connectivity index (χ3v) is 6.19. The van der Waals surface area contributed by atoms with Crippen molar-refractivity contribution >= 4 is 28.6 Å². The zero-order chi connectivity index (χ0) is 23.6. The van der Waals surface area contributed by atoms with Crippen LogP contribution in [0.1, 0.15) is 42.2 Å². The summed E-state index contributed by atoms with van der Waals surface area (Å²) in [5.41, 5.74) is 1.80. The van der Waals surface area contributed by atoms with E-state index < -0.39 is 5.60 Å². The number of benzene rings is 1. The van der Waals surface area contributed by atoms with Crippen LogP contribution in [-0.4, -0.2) is 64.4 Å². The van der Waals surface area contributed by atoms with Crippen LogP contribution in [0.5, 0.6) is 5.75 Å². The highest BCUT2D eigenvalue weighted by Gasteiger charge is 2.38. The van der Waals surface area contributed by atoms with E-state index >= 15 is 0 Å². The maximum Gasteiger partial charge on any atom is 0.254 e. The molecule has 0 saturated carbocycles. The number of rotatable bonds is 7. The number of hydrogen-bond donors (Lipinski definition) is 1. The molecule has 2 aromatic heterocycles. The van der Waals surface area contributed by atoms with E-state index in [9.17, 15) is 9.90 Å². The Balaban J connectivity index is 1.58. The standard InChI is InChI=1S/C24H28ClN3O5/c1-15-13-32-24(2,7-9-29)14-28(15)23(30)16-10-19-22(20(11-16)31-3)33-21(27-19)5-4-18-12-17(25)6-8-26-18/h6,8,10-12,15,29H,4-5,7,9,13-14H2,1-3H3/t15-,24?/m1/s1. The minimum absolute atomic E-state index is 0.000877. The predicted octanol–water partition coefficient (Wildman–Crippen LogP) is 3.67. The molecule has 0 bridgehead atoms. The van der Waals surface area contributed by atoms with Crippen LogP contribution in [0.4, 0.5) is 0 Å². The molecule has 8 nitrogen and oxygen atoms in total. The topological polar surface area (TPSA) is 97.9 Å². The summed E-state index contributed by atoms with van der Waals surface area (Å²) in [4.78, 5) is 24.1. The SMILES string of the molecule is COc1cc(C(=O)N2CC(C)(CCO)OC[C@H]2C)cc2nc(CCc3cc(Cl)ccn3)oc12. The van der Waals surface area contributed by atoms with E-state index in [1.165, 1.54) is 7.11 Å². The molecule has 1 fully saturated rings. The molecule has 1 saturated heterocycles. The normalized spacial score (nSPS) is 20.9. The first-order chi connectivity index (χ1) is 15.8. The minimum atomic E-state index is -0.583. The summed E-state index contributed by atoms with van der Waals surface area (Å²) in [7, 11) is 1.54. The summed E-state index contributed by atoms with van der Waals surface area (Å²) in [5, 5.41) is 10.0. The molecule has 9 heteroatoms. The number of aliphatic hydroxyl groups is 1. The Morgan fingerprint density at radius 2 is 2.18 bits per heavy atom. The number of fused-ring (bicyclic) bond motifs is 1. The van der Waals surface area contributed by atoms with E-state index in [2.05, 4.69) is 9.97 Å². The Labute approximate surface area is 197 Å². The van der Waals surface area contributed by atoms with Crippen LogP contribution in [0.2, 0.25) is 5.02 Å². The van der Waals surface area contributed by atoms with Gasteiger partial charge in [0.15, 0.2) is 17.2 Å². The molecule has 1 amide bonds. The van der Waals surface area contributed by atoms with Crippen LogP contribution in [0, 0.1) is 0 Å². The Morgan fingerprint density at radius 3 is 2.91 bits per heavy atom. The summed E-state index contributed by atoms with van der Waals surface area (Å²) in [6.07, 6.45) is 3.29. The fraction of sp³-hybridized carbons (Fsp3) is 0.458. The molecule has 1 aromatic carbocycles. The second-order valence-electron chi connectivity index (χ2n) is 8.62. The molecule has 4 rings (SSSR count). The number of hydrogen-bond acceptors (Lipinski definition) is 7. The lowest BCUT2D eigenvalue weighted by Gasteiger charge is -2.44. The van der Waals surface area contributed by atoms with Gasteiger partial charge in [0, 0.05) is 41.9 Å².